The van der Waals surface area contributed by atoms with Crippen molar-refractivity contribution in [2.45, 2.75) is 19.4 Å². The van der Waals surface area contributed by atoms with Crippen molar-refractivity contribution in [2.75, 3.05) is 0 Å². The van der Waals surface area contributed by atoms with Crippen LogP contribution >= 0.6 is 11.6 Å². The SMILES string of the molecule is C#CC(C)(C)NC(=O)c1ccc(Oc2ccc(Cl)cc2)cc1. The molecule has 0 aliphatic carbocycles. The van der Waals surface area contributed by atoms with Crippen LogP contribution in [0.25, 0.3) is 0 Å². The molecule has 2 aromatic rings. The Labute approximate surface area is 135 Å². The van der Waals surface area contributed by atoms with Gasteiger partial charge in [-0.05, 0) is 62.4 Å². The van der Waals surface area contributed by atoms with Crippen molar-refractivity contribution in [1.82, 2.24) is 5.32 Å². The second-order valence-electron chi connectivity index (χ2n) is 5.30. The van der Waals surface area contributed by atoms with Gasteiger partial charge in [-0.25, -0.2) is 0 Å². The van der Waals surface area contributed by atoms with Crippen LogP contribution in [0.3, 0.4) is 0 Å². The van der Waals surface area contributed by atoms with E-state index < -0.39 is 5.54 Å². The second kappa shape index (κ2) is 6.55. The molecule has 0 spiro atoms. The molecule has 0 saturated heterocycles. The molecule has 1 N–H and O–H groups in total. The van der Waals surface area contributed by atoms with E-state index in [1.165, 1.54) is 0 Å². The van der Waals surface area contributed by atoms with Crippen molar-refractivity contribution in [3.63, 3.8) is 0 Å². The van der Waals surface area contributed by atoms with Crippen molar-refractivity contribution in [2.24, 2.45) is 0 Å². The average Bonchev–Trinajstić information content (AvgIpc) is 2.50. The van der Waals surface area contributed by atoms with Crippen LogP contribution in [0.15, 0.2) is 48.5 Å². The van der Waals surface area contributed by atoms with Crippen LogP contribution in [0.1, 0.15) is 24.2 Å². The fourth-order valence-corrected chi connectivity index (χ4v) is 1.83. The summed E-state index contributed by atoms with van der Waals surface area (Å²) in [6, 6.07) is 13.9. The van der Waals surface area contributed by atoms with E-state index in [1.807, 2.05) is 0 Å². The molecular weight excluding hydrogens is 298 g/mol. The Balaban J connectivity index is 2.06. The molecule has 2 aromatic carbocycles. The number of hydrogen-bond acceptors (Lipinski definition) is 2. The van der Waals surface area contributed by atoms with Crippen LogP contribution in [0.2, 0.25) is 5.02 Å². The summed E-state index contributed by atoms with van der Waals surface area (Å²) in [6.07, 6.45) is 5.36. The molecule has 2 rings (SSSR count). The first-order valence-electron chi connectivity index (χ1n) is 6.73. The molecule has 0 aromatic heterocycles. The summed E-state index contributed by atoms with van der Waals surface area (Å²) in [4.78, 5) is 12.1. The van der Waals surface area contributed by atoms with Gasteiger partial charge in [0.2, 0.25) is 0 Å². The second-order valence-corrected chi connectivity index (χ2v) is 5.74. The standard InChI is InChI=1S/C18H16ClNO2/c1-4-18(2,3)20-17(21)13-5-9-15(10-6-13)22-16-11-7-14(19)8-12-16/h1,5-12H,2-3H3,(H,20,21). The number of benzene rings is 2. The van der Waals surface area contributed by atoms with Gasteiger partial charge < -0.3 is 10.1 Å². The highest BCUT2D eigenvalue weighted by Gasteiger charge is 2.17. The van der Waals surface area contributed by atoms with E-state index in [0.29, 0.717) is 22.1 Å². The van der Waals surface area contributed by atoms with Crippen molar-refractivity contribution in [3.05, 3.63) is 59.1 Å². The Hall–Kier alpha value is -2.44. The molecule has 0 aliphatic heterocycles. The first-order chi connectivity index (χ1) is 10.4. The van der Waals surface area contributed by atoms with Gasteiger partial charge in [0.15, 0.2) is 0 Å². The number of halogens is 1. The number of amides is 1. The minimum atomic E-state index is -0.685. The summed E-state index contributed by atoms with van der Waals surface area (Å²) in [7, 11) is 0. The van der Waals surface area contributed by atoms with E-state index in [4.69, 9.17) is 22.8 Å². The third kappa shape index (κ3) is 4.28. The molecule has 22 heavy (non-hydrogen) atoms. The Morgan fingerprint density at radius 3 is 2.09 bits per heavy atom. The average molecular weight is 314 g/mol. The van der Waals surface area contributed by atoms with E-state index >= 15 is 0 Å². The molecule has 0 bridgehead atoms. The predicted molar refractivity (Wildman–Crippen MR) is 88.3 cm³/mol. The smallest absolute Gasteiger partial charge is 0.252 e. The lowest BCUT2D eigenvalue weighted by Crippen LogP contribution is -2.42. The zero-order valence-corrected chi connectivity index (χ0v) is 13.1. The van der Waals surface area contributed by atoms with Gasteiger partial charge in [0, 0.05) is 10.6 Å². The number of hydrogen-bond donors (Lipinski definition) is 1. The normalized spacial score (nSPS) is 10.6. The number of rotatable bonds is 4. The van der Waals surface area contributed by atoms with Gasteiger partial charge in [-0.15, -0.1) is 6.42 Å². The van der Waals surface area contributed by atoms with Gasteiger partial charge in [-0.1, -0.05) is 17.5 Å². The fraction of sp³-hybridized carbons (Fsp3) is 0.167. The molecule has 0 saturated carbocycles. The molecule has 0 heterocycles. The highest BCUT2D eigenvalue weighted by Crippen LogP contribution is 2.23. The number of carbonyl (C=O) groups is 1. The van der Waals surface area contributed by atoms with Crippen LogP contribution in [0.4, 0.5) is 0 Å². The van der Waals surface area contributed by atoms with Gasteiger partial charge in [-0.3, -0.25) is 4.79 Å². The number of nitrogens with one attached hydrogen (secondary N) is 1. The topological polar surface area (TPSA) is 38.3 Å². The molecule has 1 amide bonds. The molecule has 0 fully saturated rings. The molecule has 3 nitrogen and oxygen atoms in total. The minimum absolute atomic E-state index is 0.221. The molecule has 0 aliphatic rings. The van der Waals surface area contributed by atoms with Gasteiger partial charge in [0.1, 0.15) is 11.5 Å². The van der Waals surface area contributed by atoms with Crippen LogP contribution in [0.5, 0.6) is 11.5 Å². The zero-order valence-electron chi connectivity index (χ0n) is 12.4. The van der Waals surface area contributed by atoms with E-state index in [-0.39, 0.29) is 5.91 Å². The van der Waals surface area contributed by atoms with Crippen molar-refractivity contribution in [3.8, 4) is 23.8 Å². The Bertz CT molecular complexity index is 697. The highest BCUT2D eigenvalue weighted by atomic mass is 35.5. The van der Waals surface area contributed by atoms with Gasteiger partial charge in [0.05, 0.1) is 5.54 Å². The first-order valence-corrected chi connectivity index (χ1v) is 7.11. The number of ether oxygens (including phenoxy) is 1. The lowest BCUT2D eigenvalue weighted by molar-refractivity contribution is 0.0930. The van der Waals surface area contributed by atoms with E-state index in [2.05, 4.69) is 11.2 Å². The molecule has 0 unspecified atom stereocenters. The van der Waals surface area contributed by atoms with E-state index in [9.17, 15) is 4.79 Å². The van der Waals surface area contributed by atoms with Crippen LogP contribution in [0, 0.1) is 12.3 Å². The number of carbonyl (C=O) groups excluding carboxylic acids is 1. The largest absolute Gasteiger partial charge is 0.457 e. The maximum Gasteiger partial charge on any atom is 0.252 e. The monoisotopic (exact) mass is 313 g/mol. The van der Waals surface area contributed by atoms with Crippen LogP contribution < -0.4 is 10.1 Å². The Morgan fingerprint density at radius 2 is 1.59 bits per heavy atom. The van der Waals surface area contributed by atoms with Gasteiger partial charge in [0.25, 0.3) is 5.91 Å². The summed E-state index contributed by atoms with van der Waals surface area (Å²) in [5.41, 5.74) is -0.165. The third-order valence-corrected chi connectivity index (χ3v) is 3.20. The Kier molecular flexibility index (Phi) is 4.75. The Morgan fingerprint density at radius 1 is 1.09 bits per heavy atom. The zero-order chi connectivity index (χ0) is 16.2. The van der Waals surface area contributed by atoms with Crippen LogP contribution in [-0.4, -0.2) is 11.4 Å². The maximum atomic E-state index is 12.1. The summed E-state index contributed by atoms with van der Waals surface area (Å²) < 4.78 is 5.67. The summed E-state index contributed by atoms with van der Waals surface area (Å²) in [5, 5.41) is 3.42. The van der Waals surface area contributed by atoms with Gasteiger partial charge >= 0.3 is 0 Å². The quantitative estimate of drug-likeness (QED) is 0.856. The molecule has 112 valence electrons. The molecule has 4 heteroatoms. The highest BCUT2D eigenvalue weighted by molar-refractivity contribution is 6.30. The predicted octanol–water partition coefficient (Wildman–Crippen LogP) is 4.27. The van der Waals surface area contributed by atoms with E-state index in [0.717, 1.165) is 0 Å². The van der Waals surface area contributed by atoms with Gasteiger partial charge in [-0.2, -0.15) is 0 Å². The van der Waals surface area contributed by atoms with E-state index in [1.54, 1.807) is 62.4 Å². The number of terminal acetylenes is 1. The fourth-order valence-electron chi connectivity index (χ4n) is 1.71. The molecular formula is C18H16ClNO2. The maximum absolute atomic E-state index is 12.1. The molecule has 0 atom stereocenters. The summed E-state index contributed by atoms with van der Waals surface area (Å²) >= 11 is 5.82. The summed E-state index contributed by atoms with van der Waals surface area (Å²) in [5.74, 6) is 3.61. The lowest BCUT2D eigenvalue weighted by Gasteiger charge is -2.19. The summed E-state index contributed by atoms with van der Waals surface area (Å²) in [6.45, 7) is 3.53. The van der Waals surface area contributed by atoms with Crippen molar-refractivity contribution >= 4 is 17.5 Å². The lowest BCUT2D eigenvalue weighted by atomic mass is 10.1. The first kappa shape index (κ1) is 15.9. The van der Waals surface area contributed by atoms with Crippen LogP contribution in [-0.2, 0) is 0 Å². The third-order valence-electron chi connectivity index (χ3n) is 2.95. The minimum Gasteiger partial charge on any atom is -0.457 e. The van der Waals surface area contributed by atoms with Crippen molar-refractivity contribution < 1.29 is 9.53 Å². The molecule has 0 radical (unpaired) electrons. The van der Waals surface area contributed by atoms with Crippen molar-refractivity contribution in [1.29, 1.82) is 0 Å².